The SMILES string of the molecule is COc1ccc2c(c1)CC[C@@H]1[C@H]3Cc4sc5ncn(CCc6ccc(OC)c(OC)c6)c(=O)c5c4[C@]3(C)CC[C@@H]21. The van der Waals surface area contributed by atoms with Crippen molar-refractivity contribution in [1.29, 1.82) is 0 Å². The number of fused-ring (bicyclic) bond motifs is 9. The fraction of sp³-hybridized carbons (Fsp3) is 0.455. The van der Waals surface area contributed by atoms with Crippen LogP contribution in [0.2, 0.25) is 0 Å². The zero-order valence-corrected chi connectivity index (χ0v) is 24.5. The minimum Gasteiger partial charge on any atom is -0.497 e. The second-order valence-corrected chi connectivity index (χ2v) is 13.0. The van der Waals surface area contributed by atoms with Crippen LogP contribution in [0.4, 0.5) is 0 Å². The van der Waals surface area contributed by atoms with Gasteiger partial charge >= 0.3 is 0 Å². The zero-order valence-electron chi connectivity index (χ0n) is 23.7. The maximum Gasteiger partial charge on any atom is 0.262 e. The molecule has 1 fully saturated rings. The lowest BCUT2D eigenvalue weighted by atomic mass is 9.55. The van der Waals surface area contributed by atoms with Gasteiger partial charge in [0, 0.05) is 11.4 Å². The van der Waals surface area contributed by atoms with Crippen LogP contribution in [0.25, 0.3) is 10.2 Å². The molecule has 7 rings (SSSR count). The Morgan fingerprint density at radius 1 is 1.05 bits per heavy atom. The third-order valence-electron chi connectivity index (χ3n) is 10.1. The molecule has 3 aliphatic carbocycles. The van der Waals surface area contributed by atoms with E-state index in [0.717, 1.165) is 40.8 Å². The summed E-state index contributed by atoms with van der Waals surface area (Å²) in [6.45, 7) is 3.02. The minimum atomic E-state index is 0.0299. The third-order valence-corrected chi connectivity index (χ3v) is 11.3. The number of ether oxygens (including phenoxy) is 3. The highest BCUT2D eigenvalue weighted by Gasteiger charge is 2.54. The molecule has 4 atom stereocenters. The number of hydrogen-bond donors (Lipinski definition) is 0. The monoisotopic (exact) mass is 556 g/mol. The van der Waals surface area contributed by atoms with E-state index in [-0.39, 0.29) is 11.0 Å². The van der Waals surface area contributed by atoms with Gasteiger partial charge < -0.3 is 14.2 Å². The van der Waals surface area contributed by atoms with E-state index in [1.807, 2.05) is 18.2 Å². The van der Waals surface area contributed by atoms with Crippen LogP contribution >= 0.6 is 11.3 Å². The number of methoxy groups -OCH3 is 3. The van der Waals surface area contributed by atoms with Gasteiger partial charge in [0.1, 0.15) is 10.6 Å². The van der Waals surface area contributed by atoms with Crippen LogP contribution in [-0.4, -0.2) is 30.9 Å². The number of rotatable bonds is 6. The molecular formula is C33H36N2O4S. The summed E-state index contributed by atoms with van der Waals surface area (Å²) in [7, 11) is 5.03. The quantitative estimate of drug-likeness (QED) is 0.279. The van der Waals surface area contributed by atoms with Crippen molar-refractivity contribution in [2.45, 2.75) is 63.3 Å². The summed E-state index contributed by atoms with van der Waals surface area (Å²) in [5, 5.41) is 0.874. The Hall–Kier alpha value is -3.32. The first kappa shape index (κ1) is 25.6. The molecule has 0 aliphatic heterocycles. The third kappa shape index (κ3) is 3.80. The largest absolute Gasteiger partial charge is 0.497 e. The molecule has 0 N–H and O–H groups in total. The van der Waals surface area contributed by atoms with Crippen molar-refractivity contribution in [2.75, 3.05) is 21.3 Å². The summed E-state index contributed by atoms with van der Waals surface area (Å²) in [5.74, 6) is 4.20. The molecule has 40 heavy (non-hydrogen) atoms. The standard InChI is InChI=1S/C33H36N2O4S/c1-33-13-11-23-22-9-7-21(37-2)16-20(22)6-8-24(23)25(33)17-28-30(33)29-31(40-28)34-18-35(32(29)36)14-12-19-5-10-26(38-3)27(15-19)39-4/h5,7,9-10,15-16,18,23-25H,6,8,11-14,17H2,1-4H3/t23-,24-,25+,33+/m0/s1. The highest BCUT2D eigenvalue weighted by molar-refractivity contribution is 7.18. The molecule has 2 aromatic carbocycles. The molecule has 0 amide bonds. The van der Waals surface area contributed by atoms with Crippen molar-refractivity contribution >= 4 is 21.6 Å². The molecule has 0 spiro atoms. The van der Waals surface area contributed by atoms with Crippen LogP contribution < -0.4 is 19.8 Å². The van der Waals surface area contributed by atoms with Crippen molar-refractivity contribution in [2.24, 2.45) is 11.8 Å². The molecule has 0 radical (unpaired) electrons. The lowest BCUT2D eigenvalue weighted by Crippen LogP contribution is -2.43. The van der Waals surface area contributed by atoms with Crippen LogP contribution in [0.15, 0.2) is 47.5 Å². The summed E-state index contributed by atoms with van der Waals surface area (Å²) < 4.78 is 18.2. The average molecular weight is 557 g/mol. The summed E-state index contributed by atoms with van der Waals surface area (Å²) in [6, 6.07) is 12.6. The van der Waals surface area contributed by atoms with Crippen LogP contribution in [0.3, 0.4) is 0 Å². The maximum atomic E-state index is 14.0. The Morgan fingerprint density at radius 2 is 1.90 bits per heavy atom. The number of hydrogen-bond acceptors (Lipinski definition) is 6. The van der Waals surface area contributed by atoms with Gasteiger partial charge in [-0.15, -0.1) is 11.3 Å². The second kappa shape index (κ2) is 9.65. The van der Waals surface area contributed by atoms with Crippen LogP contribution in [0, 0.1) is 11.8 Å². The van der Waals surface area contributed by atoms with E-state index in [4.69, 9.17) is 19.2 Å². The lowest BCUT2D eigenvalue weighted by Gasteiger charge is -2.49. The van der Waals surface area contributed by atoms with Gasteiger partial charge in [-0.3, -0.25) is 9.36 Å². The van der Waals surface area contributed by atoms with Gasteiger partial charge in [0.25, 0.3) is 5.56 Å². The van der Waals surface area contributed by atoms with Crippen LogP contribution in [0.5, 0.6) is 17.2 Å². The van der Waals surface area contributed by atoms with E-state index in [2.05, 4.69) is 25.1 Å². The molecule has 0 bridgehead atoms. The molecule has 1 saturated carbocycles. The second-order valence-electron chi connectivity index (χ2n) is 11.9. The Labute approximate surface area is 238 Å². The van der Waals surface area contributed by atoms with Crippen molar-refractivity contribution in [3.63, 3.8) is 0 Å². The summed E-state index contributed by atoms with van der Waals surface area (Å²) in [6.07, 6.45) is 8.13. The molecule has 7 heteroatoms. The van der Waals surface area contributed by atoms with Crippen molar-refractivity contribution in [3.8, 4) is 17.2 Å². The van der Waals surface area contributed by atoms with Gasteiger partial charge in [-0.1, -0.05) is 19.1 Å². The number of aromatic nitrogens is 2. The molecule has 2 aromatic heterocycles. The summed E-state index contributed by atoms with van der Waals surface area (Å²) in [4.78, 5) is 21.1. The number of benzene rings is 2. The highest BCUT2D eigenvalue weighted by atomic mass is 32.1. The molecule has 0 unspecified atom stereocenters. The number of thiophene rings is 1. The van der Waals surface area contributed by atoms with Crippen molar-refractivity contribution < 1.29 is 14.2 Å². The van der Waals surface area contributed by atoms with E-state index in [9.17, 15) is 4.79 Å². The van der Waals surface area contributed by atoms with Crippen LogP contribution in [0.1, 0.15) is 59.2 Å². The molecule has 2 heterocycles. The van der Waals surface area contributed by atoms with Crippen LogP contribution in [-0.2, 0) is 31.2 Å². The fourth-order valence-corrected chi connectivity index (χ4v) is 9.48. The smallest absolute Gasteiger partial charge is 0.262 e. The first-order valence-corrected chi connectivity index (χ1v) is 15.2. The first-order chi connectivity index (χ1) is 19.4. The van der Waals surface area contributed by atoms with Gasteiger partial charge in [0.2, 0.25) is 0 Å². The first-order valence-electron chi connectivity index (χ1n) is 14.3. The Balaban J connectivity index is 1.19. The van der Waals surface area contributed by atoms with Crippen molar-refractivity contribution in [1.82, 2.24) is 9.55 Å². The van der Waals surface area contributed by atoms with E-state index in [1.54, 1.807) is 43.6 Å². The maximum absolute atomic E-state index is 14.0. The molecule has 208 valence electrons. The van der Waals surface area contributed by atoms with Gasteiger partial charge in [0.05, 0.1) is 33.0 Å². The van der Waals surface area contributed by atoms with Gasteiger partial charge in [0.15, 0.2) is 11.5 Å². The normalized spacial score (nSPS) is 24.6. The lowest BCUT2D eigenvalue weighted by molar-refractivity contribution is 0.106. The molecular weight excluding hydrogens is 520 g/mol. The van der Waals surface area contributed by atoms with Gasteiger partial charge in [-0.2, -0.15) is 0 Å². The topological polar surface area (TPSA) is 62.6 Å². The summed E-state index contributed by atoms with van der Waals surface area (Å²) >= 11 is 1.76. The molecule has 0 saturated heterocycles. The molecule has 4 aromatic rings. The zero-order chi connectivity index (χ0) is 27.6. The van der Waals surface area contributed by atoms with E-state index < -0.39 is 0 Å². The van der Waals surface area contributed by atoms with E-state index >= 15 is 0 Å². The minimum absolute atomic E-state index is 0.0299. The Bertz CT molecular complexity index is 1670. The fourth-order valence-electron chi connectivity index (χ4n) is 8.16. The van der Waals surface area contributed by atoms with E-state index in [0.29, 0.717) is 42.2 Å². The van der Waals surface area contributed by atoms with Crippen molar-refractivity contribution in [3.05, 3.63) is 80.2 Å². The van der Waals surface area contributed by atoms with E-state index in [1.165, 1.54) is 34.4 Å². The number of nitrogens with zero attached hydrogens (tertiary/aromatic N) is 2. The molecule has 6 nitrogen and oxygen atoms in total. The highest BCUT2D eigenvalue weighted by Crippen LogP contribution is 2.62. The average Bonchev–Trinajstić information content (AvgIpc) is 3.50. The molecule has 3 aliphatic rings. The van der Waals surface area contributed by atoms with Gasteiger partial charge in [-0.25, -0.2) is 4.98 Å². The van der Waals surface area contributed by atoms with Gasteiger partial charge in [-0.05, 0) is 108 Å². The summed E-state index contributed by atoms with van der Waals surface area (Å²) in [5.41, 5.74) is 5.54. The Morgan fingerprint density at radius 3 is 2.70 bits per heavy atom. The Kier molecular flexibility index (Phi) is 6.19. The predicted molar refractivity (Wildman–Crippen MR) is 158 cm³/mol. The number of aryl methyl sites for hydroxylation is 3. The predicted octanol–water partition coefficient (Wildman–Crippen LogP) is 6.30.